The van der Waals surface area contributed by atoms with Crippen molar-refractivity contribution >= 4 is 11.3 Å². The van der Waals surface area contributed by atoms with Crippen LogP contribution in [0.1, 0.15) is 73.8 Å². The first-order valence-corrected chi connectivity index (χ1v) is 17.1. The Bertz CT molecular complexity index is 2260. The molecule has 3 aromatic heterocycles. The van der Waals surface area contributed by atoms with Crippen LogP contribution in [-0.4, -0.2) is 33.0 Å². The number of allylic oxidation sites excluding steroid dienone is 2. The van der Waals surface area contributed by atoms with Crippen LogP contribution in [0.3, 0.4) is 0 Å². The minimum absolute atomic E-state index is 0.0404. The zero-order chi connectivity index (χ0) is 34.2. The predicted octanol–water partition coefficient (Wildman–Crippen LogP) is 9.76. The number of pyridine rings is 2. The van der Waals surface area contributed by atoms with Crippen LogP contribution in [0.2, 0.25) is 0 Å². The maximum atomic E-state index is 6.78. The maximum Gasteiger partial charge on any atom is 0.219 e. The van der Waals surface area contributed by atoms with Gasteiger partial charge in [-0.25, -0.2) is 9.97 Å². The number of aryl methyl sites for hydroxylation is 2. The molecule has 2 aliphatic rings. The summed E-state index contributed by atoms with van der Waals surface area (Å²) in [6, 6.07) is 33.2. The monoisotopic (exact) mass is 645 g/mol. The van der Waals surface area contributed by atoms with Gasteiger partial charge in [0.1, 0.15) is 0 Å². The minimum Gasteiger partial charge on any atom is -0.435 e. The molecule has 8 rings (SSSR count). The molecule has 0 radical (unpaired) electrons. The normalized spacial score (nSPS) is 15.3. The fourth-order valence-corrected chi connectivity index (χ4v) is 7.77. The molecule has 0 fully saturated rings. The van der Waals surface area contributed by atoms with E-state index in [4.69, 9.17) is 9.72 Å². The molecule has 0 saturated heterocycles. The Morgan fingerprint density at radius 3 is 2.10 bits per heavy atom. The summed E-state index contributed by atoms with van der Waals surface area (Å²) in [6.07, 6.45) is 4.12. The molecule has 4 heterocycles. The first-order chi connectivity index (χ1) is 23.5. The number of hydrogen-bond donors (Lipinski definition) is 0. The summed E-state index contributed by atoms with van der Waals surface area (Å²) < 4.78 is 8.98. The molecule has 0 bridgehead atoms. The Balaban J connectivity index is 1.42. The fourth-order valence-electron chi connectivity index (χ4n) is 7.77. The van der Waals surface area contributed by atoms with E-state index in [9.17, 15) is 0 Å². The SMILES string of the molecule is CC1=C(C)N(c2cccc(C3(c4cc(Oc5cc(C(C)(C)C)ccn5)c5nc(C)c(C)n5c4)c4ccccc4-c4ccccc43)c2)CN1C. The average Bonchev–Trinajstić information content (AvgIpc) is 3.67. The fraction of sp³-hybridized carbons (Fsp3) is 0.256. The molecule has 0 atom stereocenters. The molecule has 246 valence electrons. The Kier molecular flexibility index (Phi) is 7.00. The van der Waals surface area contributed by atoms with Gasteiger partial charge in [-0.05, 0) is 96.3 Å². The van der Waals surface area contributed by atoms with Gasteiger partial charge in [0.15, 0.2) is 11.4 Å². The van der Waals surface area contributed by atoms with Gasteiger partial charge < -0.3 is 18.9 Å². The predicted molar refractivity (Wildman–Crippen MR) is 198 cm³/mol. The number of nitrogens with zero attached hydrogens (tertiary/aromatic N) is 5. The largest absolute Gasteiger partial charge is 0.435 e. The summed E-state index contributed by atoms with van der Waals surface area (Å²) in [5, 5.41) is 0. The quantitative estimate of drug-likeness (QED) is 0.187. The van der Waals surface area contributed by atoms with E-state index in [1.165, 1.54) is 50.5 Å². The van der Waals surface area contributed by atoms with Gasteiger partial charge in [-0.3, -0.25) is 0 Å². The zero-order valence-electron chi connectivity index (χ0n) is 29.7. The van der Waals surface area contributed by atoms with E-state index in [-0.39, 0.29) is 5.41 Å². The average molecular weight is 646 g/mol. The zero-order valence-corrected chi connectivity index (χ0v) is 29.7. The van der Waals surface area contributed by atoms with Crippen LogP contribution in [0, 0.1) is 13.8 Å². The molecule has 0 amide bonds. The van der Waals surface area contributed by atoms with E-state index < -0.39 is 5.41 Å². The number of rotatable bonds is 5. The molecular formula is C43H43N5O. The van der Waals surface area contributed by atoms with Gasteiger partial charge in [0, 0.05) is 48.3 Å². The highest BCUT2D eigenvalue weighted by Crippen LogP contribution is 2.57. The maximum absolute atomic E-state index is 6.78. The highest BCUT2D eigenvalue weighted by atomic mass is 16.5. The molecule has 1 aliphatic carbocycles. The first-order valence-electron chi connectivity index (χ1n) is 17.1. The summed E-state index contributed by atoms with van der Waals surface area (Å²) in [4.78, 5) is 14.4. The highest BCUT2D eigenvalue weighted by Gasteiger charge is 2.47. The molecular weight excluding hydrogens is 603 g/mol. The number of imidazole rings is 1. The third-order valence-electron chi connectivity index (χ3n) is 10.8. The van der Waals surface area contributed by atoms with Gasteiger partial charge in [0.05, 0.1) is 17.8 Å². The summed E-state index contributed by atoms with van der Waals surface area (Å²) in [7, 11) is 2.16. The van der Waals surface area contributed by atoms with Crippen molar-refractivity contribution in [3.63, 3.8) is 0 Å². The van der Waals surface area contributed by atoms with Crippen LogP contribution in [0.4, 0.5) is 5.69 Å². The second-order valence-electron chi connectivity index (χ2n) is 14.6. The number of benzene rings is 3. The van der Waals surface area contributed by atoms with Crippen molar-refractivity contribution in [2.45, 2.75) is 59.3 Å². The summed E-state index contributed by atoms with van der Waals surface area (Å²) in [5.41, 5.74) is 14.4. The van der Waals surface area contributed by atoms with E-state index in [1.807, 2.05) is 6.20 Å². The van der Waals surface area contributed by atoms with Crippen LogP contribution < -0.4 is 9.64 Å². The molecule has 1 aliphatic heterocycles. The topological polar surface area (TPSA) is 45.9 Å². The molecule has 6 nitrogen and oxygen atoms in total. The van der Waals surface area contributed by atoms with Crippen molar-refractivity contribution in [2.75, 3.05) is 18.6 Å². The van der Waals surface area contributed by atoms with Gasteiger partial charge in [-0.2, -0.15) is 0 Å². The van der Waals surface area contributed by atoms with Crippen molar-refractivity contribution in [3.05, 3.63) is 154 Å². The van der Waals surface area contributed by atoms with Gasteiger partial charge in [-0.15, -0.1) is 0 Å². The van der Waals surface area contributed by atoms with Crippen molar-refractivity contribution in [2.24, 2.45) is 0 Å². The standard InChI is InChI=1S/C43H43N5O/c1-27-28(2)47-25-33(23-39(41(47)45-27)49-40-24-31(20-21-44-40)42(5,6)7)43(37-18-11-9-16-35(37)36-17-10-12-19-38(36)43)32-14-13-15-34(22-32)48-26-46(8)29(3)30(48)4/h9-25H,26H2,1-8H3. The second kappa shape index (κ2) is 11.1. The van der Waals surface area contributed by atoms with Crippen molar-refractivity contribution in [1.82, 2.24) is 19.3 Å². The van der Waals surface area contributed by atoms with Crippen molar-refractivity contribution in [3.8, 4) is 22.8 Å². The van der Waals surface area contributed by atoms with Crippen LogP contribution in [0.25, 0.3) is 16.8 Å². The lowest BCUT2D eigenvalue weighted by Crippen LogP contribution is -2.30. The molecule has 0 unspecified atom stereocenters. The van der Waals surface area contributed by atoms with Gasteiger partial charge in [-0.1, -0.05) is 81.4 Å². The van der Waals surface area contributed by atoms with Gasteiger partial charge in [0.2, 0.25) is 5.88 Å². The Morgan fingerprint density at radius 1 is 0.755 bits per heavy atom. The lowest BCUT2D eigenvalue weighted by Gasteiger charge is -2.35. The van der Waals surface area contributed by atoms with Crippen LogP contribution in [-0.2, 0) is 10.8 Å². The minimum atomic E-state index is -0.626. The van der Waals surface area contributed by atoms with Crippen LogP contribution >= 0.6 is 0 Å². The lowest BCUT2D eigenvalue weighted by molar-refractivity contribution is 0.459. The second-order valence-corrected chi connectivity index (χ2v) is 14.6. The number of hydrogen-bond acceptors (Lipinski definition) is 5. The van der Waals surface area contributed by atoms with Crippen molar-refractivity contribution in [1.29, 1.82) is 0 Å². The highest BCUT2D eigenvalue weighted by molar-refractivity contribution is 5.87. The van der Waals surface area contributed by atoms with E-state index in [1.54, 1.807) is 0 Å². The molecule has 6 aromatic rings. The molecule has 0 saturated carbocycles. The Labute approximate surface area is 289 Å². The van der Waals surface area contributed by atoms with E-state index in [0.717, 1.165) is 29.3 Å². The molecule has 0 N–H and O–H groups in total. The van der Waals surface area contributed by atoms with Crippen LogP contribution in [0.5, 0.6) is 11.6 Å². The van der Waals surface area contributed by atoms with E-state index in [0.29, 0.717) is 11.6 Å². The van der Waals surface area contributed by atoms with E-state index >= 15 is 0 Å². The number of aromatic nitrogens is 3. The summed E-state index contributed by atoms with van der Waals surface area (Å²) in [6.45, 7) is 16.0. The van der Waals surface area contributed by atoms with Gasteiger partial charge >= 0.3 is 0 Å². The number of anilines is 1. The van der Waals surface area contributed by atoms with Crippen molar-refractivity contribution < 1.29 is 4.74 Å². The Hall–Kier alpha value is -5.36. The van der Waals surface area contributed by atoms with E-state index in [2.05, 4.69) is 172 Å². The summed E-state index contributed by atoms with van der Waals surface area (Å²) >= 11 is 0. The molecule has 49 heavy (non-hydrogen) atoms. The van der Waals surface area contributed by atoms with Gasteiger partial charge in [0.25, 0.3) is 0 Å². The third kappa shape index (κ3) is 4.68. The summed E-state index contributed by atoms with van der Waals surface area (Å²) in [5.74, 6) is 1.24. The molecule has 0 spiro atoms. The first kappa shape index (κ1) is 30.9. The molecule has 6 heteroatoms. The number of fused-ring (bicyclic) bond motifs is 4. The number of ether oxygens (including phenoxy) is 1. The van der Waals surface area contributed by atoms with Crippen LogP contribution in [0.15, 0.2) is 115 Å². The Morgan fingerprint density at radius 2 is 1.45 bits per heavy atom. The smallest absolute Gasteiger partial charge is 0.219 e. The lowest BCUT2D eigenvalue weighted by atomic mass is 9.68. The molecule has 3 aromatic carbocycles. The third-order valence-corrected chi connectivity index (χ3v) is 10.8.